The van der Waals surface area contributed by atoms with Gasteiger partial charge in [-0.2, -0.15) is 0 Å². The molecule has 3 nitrogen and oxygen atoms in total. The van der Waals surface area contributed by atoms with Gasteiger partial charge in [-0.05, 0) is 61.6 Å². The number of hydrogen-bond acceptors (Lipinski definition) is 2. The van der Waals surface area contributed by atoms with Gasteiger partial charge in [0.15, 0.2) is 6.61 Å². The van der Waals surface area contributed by atoms with Gasteiger partial charge in [-0.1, -0.05) is 19.1 Å². The van der Waals surface area contributed by atoms with E-state index in [0.717, 1.165) is 38.1 Å². The summed E-state index contributed by atoms with van der Waals surface area (Å²) in [5.74, 6) is 1.67. The van der Waals surface area contributed by atoms with E-state index in [0.29, 0.717) is 5.92 Å². The maximum absolute atomic E-state index is 12.3. The van der Waals surface area contributed by atoms with Gasteiger partial charge in [-0.25, -0.2) is 0 Å². The maximum Gasteiger partial charge on any atom is 0.260 e. The third kappa shape index (κ3) is 3.39. The van der Waals surface area contributed by atoms with E-state index in [-0.39, 0.29) is 12.5 Å². The zero-order chi connectivity index (χ0) is 14.7. The van der Waals surface area contributed by atoms with Crippen LogP contribution in [0.15, 0.2) is 18.2 Å². The monoisotopic (exact) mass is 287 g/mol. The summed E-state index contributed by atoms with van der Waals surface area (Å²) >= 11 is 0. The van der Waals surface area contributed by atoms with E-state index in [4.69, 9.17) is 4.74 Å². The minimum Gasteiger partial charge on any atom is -0.483 e. The Morgan fingerprint density at radius 3 is 3.00 bits per heavy atom. The largest absolute Gasteiger partial charge is 0.483 e. The molecule has 1 saturated heterocycles. The lowest BCUT2D eigenvalue weighted by molar-refractivity contribution is -0.135. The van der Waals surface area contributed by atoms with Gasteiger partial charge in [-0.15, -0.1) is 0 Å². The van der Waals surface area contributed by atoms with Crippen LogP contribution in [0.2, 0.25) is 0 Å². The summed E-state index contributed by atoms with van der Waals surface area (Å²) in [5, 5.41) is 0. The fraction of sp³-hybridized carbons (Fsp3) is 0.611. The van der Waals surface area contributed by atoms with Crippen molar-refractivity contribution >= 4 is 5.91 Å². The van der Waals surface area contributed by atoms with Gasteiger partial charge in [0.2, 0.25) is 0 Å². The number of likely N-dealkylation sites (tertiary alicyclic amines) is 1. The third-order valence-electron chi connectivity index (χ3n) is 4.71. The molecule has 1 aliphatic carbocycles. The quantitative estimate of drug-likeness (QED) is 0.854. The lowest BCUT2D eigenvalue weighted by atomic mass is 9.91. The normalized spacial score (nSPS) is 21.8. The van der Waals surface area contributed by atoms with Crippen LogP contribution in [0.5, 0.6) is 5.75 Å². The molecule has 0 bridgehead atoms. The second kappa shape index (κ2) is 6.50. The Kier molecular flexibility index (Phi) is 4.47. The molecule has 1 fully saturated rings. The van der Waals surface area contributed by atoms with Crippen LogP contribution in [0.4, 0.5) is 0 Å². The summed E-state index contributed by atoms with van der Waals surface area (Å²) in [7, 11) is 0. The van der Waals surface area contributed by atoms with E-state index in [9.17, 15) is 4.79 Å². The SMILES string of the molecule is C[C@H]1CCCN(C(=O)COc2cccc3c2CCCC3)C1. The molecule has 21 heavy (non-hydrogen) atoms. The first-order chi connectivity index (χ1) is 10.2. The van der Waals surface area contributed by atoms with Crippen LogP contribution in [-0.4, -0.2) is 30.5 Å². The Morgan fingerprint density at radius 1 is 1.29 bits per heavy atom. The molecule has 0 spiro atoms. The van der Waals surface area contributed by atoms with Gasteiger partial charge < -0.3 is 9.64 Å². The number of carbonyl (C=O) groups excluding carboxylic acids is 1. The number of hydrogen-bond donors (Lipinski definition) is 0. The number of carbonyl (C=O) groups is 1. The predicted octanol–water partition coefficient (Wildman–Crippen LogP) is 3.20. The Balaban J connectivity index is 1.61. The van der Waals surface area contributed by atoms with Crippen molar-refractivity contribution in [1.82, 2.24) is 4.90 Å². The van der Waals surface area contributed by atoms with Crippen molar-refractivity contribution in [2.75, 3.05) is 19.7 Å². The molecule has 1 amide bonds. The Hall–Kier alpha value is -1.51. The molecule has 1 atom stereocenters. The van der Waals surface area contributed by atoms with E-state index in [1.54, 1.807) is 0 Å². The highest BCUT2D eigenvalue weighted by Crippen LogP contribution is 2.29. The summed E-state index contributed by atoms with van der Waals surface area (Å²) in [6.07, 6.45) is 7.07. The van der Waals surface area contributed by atoms with Gasteiger partial charge >= 0.3 is 0 Å². The topological polar surface area (TPSA) is 29.5 Å². The molecule has 0 saturated carbocycles. The molecule has 1 aliphatic heterocycles. The van der Waals surface area contributed by atoms with Crippen LogP contribution in [0.3, 0.4) is 0 Å². The van der Waals surface area contributed by atoms with E-state index in [1.165, 1.54) is 30.4 Å². The van der Waals surface area contributed by atoms with Crippen LogP contribution in [0.1, 0.15) is 43.7 Å². The van der Waals surface area contributed by atoms with Gasteiger partial charge in [-0.3, -0.25) is 4.79 Å². The average Bonchev–Trinajstić information content (AvgIpc) is 2.52. The lowest BCUT2D eigenvalue weighted by Gasteiger charge is -2.31. The predicted molar refractivity (Wildman–Crippen MR) is 83.6 cm³/mol. The molecular formula is C18H25NO2. The van der Waals surface area contributed by atoms with Gasteiger partial charge in [0.25, 0.3) is 5.91 Å². The number of aryl methyl sites for hydroxylation is 1. The van der Waals surface area contributed by atoms with E-state index in [2.05, 4.69) is 13.0 Å². The van der Waals surface area contributed by atoms with E-state index >= 15 is 0 Å². The van der Waals surface area contributed by atoms with Crippen molar-refractivity contribution in [3.05, 3.63) is 29.3 Å². The van der Waals surface area contributed by atoms with Crippen molar-refractivity contribution < 1.29 is 9.53 Å². The molecule has 3 heteroatoms. The number of benzene rings is 1. The van der Waals surface area contributed by atoms with Crippen LogP contribution in [0.25, 0.3) is 0 Å². The number of piperidine rings is 1. The molecule has 0 N–H and O–H groups in total. The van der Waals surface area contributed by atoms with Crippen molar-refractivity contribution in [1.29, 1.82) is 0 Å². The number of ether oxygens (including phenoxy) is 1. The Bertz CT molecular complexity index is 512. The molecular weight excluding hydrogens is 262 g/mol. The Morgan fingerprint density at radius 2 is 2.14 bits per heavy atom. The molecule has 0 aromatic heterocycles. The lowest BCUT2D eigenvalue weighted by Crippen LogP contribution is -2.41. The molecule has 1 aromatic carbocycles. The summed E-state index contributed by atoms with van der Waals surface area (Å²) in [6.45, 7) is 4.17. The number of rotatable bonds is 3. The maximum atomic E-state index is 12.3. The van der Waals surface area contributed by atoms with Crippen LogP contribution in [0, 0.1) is 5.92 Å². The molecule has 1 heterocycles. The minimum absolute atomic E-state index is 0.134. The summed E-state index contributed by atoms with van der Waals surface area (Å²) in [6, 6.07) is 6.25. The first-order valence-corrected chi connectivity index (χ1v) is 8.25. The summed E-state index contributed by atoms with van der Waals surface area (Å²) < 4.78 is 5.86. The molecule has 1 aromatic rings. The summed E-state index contributed by atoms with van der Waals surface area (Å²) in [5.41, 5.74) is 2.72. The molecule has 3 rings (SSSR count). The van der Waals surface area contributed by atoms with Crippen LogP contribution >= 0.6 is 0 Å². The molecule has 0 unspecified atom stereocenters. The second-order valence-electron chi connectivity index (χ2n) is 6.48. The first kappa shape index (κ1) is 14.4. The fourth-order valence-electron chi connectivity index (χ4n) is 3.53. The molecule has 114 valence electrons. The highest BCUT2D eigenvalue weighted by atomic mass is 16.5. The standard InChI is InChI=1S/C18H25NO2/c1-14-6-5-11-19(12-14)18(20)13-21-17-10-4-8-15-7-2-3-9-16(15)17/h4,8,10,14H,2-3,5-7,9,11-13H2,1H3/t14-/m0/s1. The number of amides is 1. The molecule has 2 aliphatic rings. The molecule has 0 radical (unpaired) electrons. The zero-order valence-corrected chi connectivity index (χ0v) is 12.9. The third-order valence-corrected chi connectivity index (χ3v) is 4.71. The zero-order valence-electron chi connectivity index (χ0n) is 12.9. The summed E-state index contributed by atoms with van der Waals surface area (Å²) in [4.78, 5) is 14.2. The average molecular weight is 287 g/mol. The van der Waals surface area contributed by atoms with Crippen molar-refractivity contribution in [3.8, 4) is 5.75 Å². The smallest absolute Gasteiger partial charge is 0.260 e. The number of fused-ring (bicyclic) bond motifs is 1. The van der Waals surface area contributed by atoms with Crippen molar-refractivity contribution in [2.45, 2.75) is 45.4 Å². The first-order valence-electron chi connectivity index (χ1n) is 8.25. The second-order valence-corrected chi connectivity index (χ2v) is 6.48. The van der Waals surface area contributed by atoms with Gasteiger partial charge in [0.1, 0.15) is 5.75 Å². The Labute approximate surface area is 127 Å². The highest BCUT2D eigenvalue weighted by molar-refractivity contribution is 5.78. The van der Waals surface area contributed by atoms with E-state index in [1.807, 2.05) is 17.0 Å². The van der Waals surface area contributed by atoms with Crippen molar-refractivity contribution in [2.24, 2.45) is 5.92 Å². The van der Waals surface area contributed by atoms with Crippen LogP contribution in [-0.2, 0) is 17.6 Å². The van der Waals surface area contributed by atoms with Gasteiger partial charge in [0, 0.05) is 13.1 Å². The highest BCUT2D eigenvalue weighted by Gasteiger charge is 2.22. The number of nitrogens with zero attached hydrogens (tertiary/aromatic N) is 1. The van der Waals surface area contributed by atoms with E-state index < -0.39 is 0 Å². The van der Waals surface area contributed by atoms with Crippen LogP contribution < -0.4 is 4.74 Å². The van der Waals surface area contributed by atoms with Gasteiger partial charge in [0.05, 0.1) is 0 Å². The fourth-order valence-corrected chi connectivity index (χ4v) is 3.53. The van der Waals surface area contributed by atoms with Crippen molar-refractivity contribution in [3.63, 3.8) is 0 Å². The minimum atomic E-state index is 0.134.